The molecule has 3 nitrogen and oxygen atoms in total. The molecule has 0 unspecified atom stereocenters. The van der Waals surface area contributed by atoms with Gasteiger partial charge in [-0.05, 0) is 95.7 Å². The van der Waals surface area contributed by atoms with E-state index in [4.69, 9.17) is 0 Å². The lowest BCUT2D eigenvalue weighted by Crippen LogP contribution is -2.10. The van der Waals surface area contributed by atoms with Crippen LogP contribution in [0.25, 0.3) is 85.9 Å². The number of hydrogen-bond donors (Lipinski definition) is 0. The van der Waals surface area contributed by atoms with E-state index < -0.39 is 0 Å². The van der Waals surface area contributed by atoms with Crippen LogP contribution in [0.5, 0.6) is 0 Å². The van der Waals surface area contributed by atoms with Gasteiger partial charge in [0.15, 0.2) is 0 Å². The number of benzene rings is 9. The van der Waals surface area contributed by atoms with Gasteiger partial charge in [-0.15, -0.1) is 11.3 Å². The first-order valence-corrected chi connectivity index (χ1v) is 19.9. The van der Waals surface area contributed by atoms with Gasteiger partial charge in [-0.3, -0.25) is 0 Å². The lowest BCUT2D eigenvalue weighted by molar-refractivity contribution is 1.17. The summed E-state index contributed by atoms with van der Waals surface area (Å²) in [6, 6.07) is 73.2. The van der Waals surface area contributed by atoms with Crippen LogP contribution in [0.1, 0.15) is 0 Å². The highest BCUT2D eigenvalue weighted by atomic mass is 32.1. The molecule has 56 heavy (non-hydrogen) atoms. The van der Waals surface area contributed by atoms with Crippen molar-refractivity contribution in [1.82, 2.24) is 9.13 Å². The molecule has 0 saturated heterocycles. The minimum Gasteiger partial charge on any atom is -0.310 e. The third-order valence-corrected chi connectivity index (χ3v) is 12.6. The summed E-state index contributed by atoms with van der Waals surface area (Å²) < 4.78 is 7.41. The smallest absolute Gasteiger partial charge is 0.0562 e. The number of thiophene rings is 1. The van der Waals surface area contributed by atoms with Crippen LogP contribution < -0.4 is 4.90 Å². The van der Waals surface area contributed by atoms with Crippen LogP contribution in [0, 0.1) is 0 Å². The van der Waals surface area contributed by atoms with Crippen molar-refractivity contribution in [2.24, 2.45) is 0 Å². The van der Waals surface area contributed by atoms with Crippen molar-refractivity contribution in [1.29, 1.82) is 0 Å². The zero-order valence-corrected chi connectivity index (χ0v) is 31.1. The van der Waals surface area contributed by atoms with E-state index in [9.17, 15) is 0 Å². The Morgan fingerprint density at radius 2 is 0.911 bits per heavy atom. The van der Waals surface area contributed by atoms with Crippen molar-refractivity contribution < 1.29 is 0 Å². The first kappa shape index (κ1) is 31.2. The van der Waals surface area contributed by atoms with Crippen LogP contribution in [-0.2, 0) is 0 Å². The van der Waals surface area contributed by atoms with E-state index in [2.05, 4.69) is 214 Å². The SMILES string of the molecule is c1ccc(-n2c3ccccc3c3c(N(c4ccc(-n5c6ccccc6c6c7ccccc7ccc65)cc4)c4ccc5c(c4)sc4ccccc45)cccc32)cc1. The highest BCUT2D eigenvalue weighted by molar-refractivity contribution is 7.25. The molecule has 0 saturated carbocycles. The summed E-state index contributed by atoms with van der Waals surface area (Å²) in [6.45, 7) is 0. The van der Waals surface area contributed by atoms with Gasteiger partial charge in [0, 0.05) is 64.5 Å². The number of rotatable bonds is 5. The quantitative estimate of drug-likeness (QED) is 0.172. The molecule has 0 fully saturated rings. The van der Waals surface area contributed by atoms with Crippen molar-refractivity contribution in [3.05, 3.63) is 200 Å². The molecule has 3 heterocycles. The van der Waals surface area contributed by atoms with E-state index in [0.717, 1.165) is 28.4 Å². The van der Waals surface area contributed by atoms with Gasteiger partial charge < -0.3 is 14.0 Å². The Morgan fingerprint density at radius 3 is 1.70 bits per heavy atom. The lowest BCUT2D eigenvalue weighted by atomic mass is 10.0. The molecule has 0 radical (unpaired) electrons. The van der Waals surface area contributed by atoms with E-state index >= 15 is 0 Å². The predicted molar refractivity (Wildman–Crippen MR) is 240 cm³/mol. The number of hydrogen-bond acceptors (Lipinski definition) is 2. The molecule has 0 aliphatic carbocycles. The standard InChI is InChI=1S/C52H33N3S/c1-2-14-35(15-3-1)54-45-21-10-7-19-43(45)52-46(22-12-23-47(52)54)53(38-30-31-41-40-17-8-11-24-49(40)56-50(41)33-38)36-26-28-37(29-27-36)55-44-20-9-6-18-42(44)51-39-16-5-4-13-34(39)25-32-48(51)55/h1-33H. The first-order valence-electron chi connectivity index (χ1n) is 19.1. The van der Waals surface area contributed by atoms with E-state index in [1.54, 1.807) is 0 Å². The van der Waals surface area contributed by atoms with Crippen LogP contribution in [0.4, 0.5) is 17.1 Å². The molecule has 12 aromatic rings. The average Bonchev–Trinajstić information content (AvgIpc) is 3.92. The molecule has 0 aliphatic rings. The van der Waals surface area contributed by atoms with Gasteiger partial charge >= 0.3 is 0 Å². The largest absolute Gasteiger partial charge is 0.310 e. The summed E-state index contributed by atoms with van der Waals surface area (Å²) in [5, 5.41) is 10.1. The molecule has 0 spiro atoms. The Morgan fingerprint density at radius 1 is 0.339 bits per heavy atom. The zero-order chi connectivity index (χ0) is 36.7. The molecule has 0 aliphatic heterocycles. The van der Waals surface area contributed by atoms with Crippen LogP contribution in [0.2, 0.25) is 0 Å². The van der Waals surface area contributed by atoms with Crippen LogP contribution in [-0.4, -0.2) is 9.13 Å². The van der Waals surface area contributed by atoms with Gasteiger partial charge in [0.2, 0.25) is 0 Å². The molecule has 0 amide bonds. The van der Waals surface area contributed by atoms with Crippen molar-refractivity contribution in [3.8, 4) is 11.4 Å². The van der Waals surface area contributed by atoms with Gasteiger partial charge in [-0.2, -0.15) is 0 Å². The topological polar surface area (TPSA) is 13.1 Å². The Labute approximate surface area is 327 Å². The fourth-order valence-corrected chi connectivity index (χ4v) is 10.2. The predicted octanol–water partition coefficient (Wildman–Crippen LogP) is 14.9. The maximum Gasteiger partial charge on any atom is 0.0562 e. The Balaban J connectivity index is 1.10. The molecule has 0 bridgehead atoms. The monoisotopic (exact) mass is 731 g/mol. The fourth-order valence-electron chi connectivity index (χ4n) is 9.09. The van der Waals surface area contributed by atoms with Crippen molar-refractivity contribution in [2.75, 3.05) is 4.90 Å². The molecule has 4 heteroatoms. The van der Waals surface area contributed by atoms with Crippen molar-refractivity contribution >= 4 is 103 Å². The van der Waals surface area contributed by atoms with Gasteiger partial charge in [0.1, 0.15) is 0 Å². The van der Waals surface area contributed by atoms with E-state index in [0.29, 0.717) is 0 Å². The molecule has 262 valence electrons. The third kappa shape index (κ3) is 4.57. The van der Waals surface area contributed by atoms with Crippen LogP contribution in [0.3, 0.4) is 0 Å². The number of nitrogens with zero attached hydrogens (tertiary/aromatic N) is 3. The minimum atomic E-state index is 1.10. The lowest BCUT2D eigenvalue weighted by Gasteiger charge is -2.27. The Bertz CT molecular complexity index is 3480. The summed E-state index contributed by atoms with van der Waals surface area (Å²) in [5.41, 5.74) is 10.4. The molecular formula is C52H33N3S. The molecule has 0 N–H and O–H groups in total. The third-order valence-electron chi connectivity index (χ3n) is 11.5. The average molecular weight is 732 g/mol. The van der Waals surface area contributed by atoms with Gasteiger partial charge in [0.05, 0.1) is 27.8 Å². The van der Waals surface area contributed by atoms with Crippen LogP contribution >= 0.6 is 11.3 Å². The second-order valence-electron chi connectivity index (χ2n) is 14.5. The molecule has 0 atom stereocenters. The van der Waals surface area contributed by atoms with E-state index in [1.807, 2.05) is 11.3 Å². The van der Waals surface area contributed by atoms with Crippen molar-refractivity contribution in [2.45, 2.75) is 0 Å². The first-order chi connectivity index (χ1) is 27.8. The number of anilines is 3. The Hall–Kier alpha value is -7.14. The van der Waals surface area contributed by atoms with Crippen molar-refractivity contribution in [3.63, 3.8) is 0 Å². The number of aromatic nitrogens is 2. The molecular weight excluding hydrogens is 699 g/mol. The zero-order valence-electron chi connectivity index (χ0n) is 30.3. The highest BCUT2D eigenvalue weighted by Gasteiger charge is 2.22. The van der Waals surface area contributed by atoms with Gasteiger partial charge in [-0.1, -0.05) is 115 Å². The summed E-state index contributed by atoms with van der Waals surface area (Å²) in [6.07, 6.45) is 0. The van der Waals surface area contributed by atoms with E-state index in [-0.39, 0.29) is 0 Å². The number of para-hydroxylation sites is 3. The highest BCUT2D eigenvalue weighted by Crippen LogP contribution is 2.46. The summed E-state index contributed by atoms with van der Waals surface area (Å²) >= 11 is 1.86. The Kier molecular flexibility index (Phi) is 6.80. The second-order valence-corrected chi connectivity index (χ2v) is 15.6. The summed E-state index contributed by atoms with van der Waals surface area (Å²) in [4.78, 5) is 2.46. The maximum absolute atomic E-state index is 2.46. The minimum absolute atomic E-state index is 1.10. The van der Waals surface area contributed by atoms with Crippen LogP contribution in [0.15, 0.2) is 200 Å². The molecule has 9 aromatic carbocycles. The van der Waals surface area contributed by atoms with E-state index in [1.165, 1.54) is 74.6 Å². The van der Waals surface area contributed by atoms with Gasteiger partial charge in [0.25, 0.3) is 0 Å². The number of fused-ring (bicyclic) bond motifs is 11. The fraction of sp³-hybridized carbons (Fsp3) is 0. The second kappa shape index (κ2) is 12.2. The summed E-state index contributed by atoms with van der Waals surface area (Å²) in [5.74, 6) is 0. The molecule has 3 aromatic heterocycles. The normalized spacial score (nSPS) is 11.9. The van der Waals surface area contributed by atoms with Gasteiger partial charge in [-0.25, -0.2) is 0 Å². The summed E-state index contributed by atoms with van der Waals surface area (Å²) in [7, 11) is 0. The molecule has 12 rings (SSSR count). The maximum atomic E-state index is 2.46.